The molecule has 3 heteroatoms. The van der Waals surface area contributed by atoms with Crippen molar-refractivity contribution in [2.45, 2.75) is 40.3 Å². The minimum absolute atomic E-state index is 0.172. The van der Waals surface area contributed by atoms with Gasteiger partial charge in [0, 0.05) is 18.8 Å². The van der Waals surface area contributed by atoms with Gasteiger partial charge >= 0.3 is 0 Å². The average molecular weight is 210 g/mol. The summed E-state index contributed by atoms with van der Waals surface area (Å²) in [6.45, 7) is 9.03. The van der Waals surface area contributed by atoms with E-state index in [1.165, 1.54) is 6.07 Å². The molecule has 1 unspecified atom stereocenters. The van der Waals surface area contributed by atoms with Gasteiger partial charge in [0.2, 0.25) is 0 Å². The number of hydrogen-bond acceptors (Lipinski definition) is 2. The molecule has 0 radical (unpaired) electrons. The first-order valence-electron chi connectivity index (χ1n) is 5.24. The molecule has 0 saturated carbocycles. The van der Waals surface area contributed by atoms with E-state index in [-0.39, 0.29) is 11.2 Å². The number of rotatable bonds is 3. The van der Waals surface area contributed by atoms with Crippen LogP contribution in [0.25, 0.3) is 0 Å². The van der Waals surface area contributed by atoms with E-state index in [1.807, 2.05) is 0 Å². The SMILES string of the molecule is CC(NCc1ncccc1F)C(C)(C)C. The lowest BCUT2D eigenvalue weighted by Crippen LogP contribution is -2.37. The minimum atomic E-state index is -0.244. The Hall–Kier alpha value is -0.960. The van der Waals surface area contributed by atoms with Crippen molar-refractivity contribution in [1.29, 1.82) is 0 Å². The summed E-state index contributed by atoms with van der Waals surface area (Å²) in [4.78, 5) is 3.99. The molecule has 0 aliphatic heterocycles. The molecule has 2 nitrogen and oxygen atoms in total. The number of hydrogen-bond donors (Lipinski definition) is 1. The van der Waals surface area contributed by atoms with Crippen molar-refractivity contribution in [3.8, 4) is 0 Å². The highest BCUT2D eigenvalue weighted by atomic mass is 19.1. The molecule has 0 saturated heterocycles. The largest absolute Gasteiger partial charge is 0.308 e. The van der Waals surface area contributed by atoms with Gasteiger partial charge in [-0.1, -0.05) is 20.8 Å². The Morgan fingerprint density at radius 3 is 2.67 bits per heavy atom. The van der Waals surface area contributed by atoms with Crippen molar-refractivity contribution in [2.75, 3.05) is 0 Å². The predicted molar refractivity (Wildman–Crippen MR) is 60.0 cm³/mol. The molecule has 15 heavy (non-hydrogen) atoms. The third-order valence-corrected chi connectivity index (χ3v) is 2.71. The lowest BCUT2D eigenvalue weighted by molar-refractivity contribution is 0.283. The van der Waals surface area contributed by atoms with Crippen LogP contribution in [0.15, 0.2) is 18.3 Å². The van der Waals surface area contributed by atoms with Gasteiger partial charge in [0.15, 0.2) is 0 Å². The highest BCUT2D eigenvalue weighted by Crippen LogP contribution is 2.18. The first-order valence-corrected chi connectivity index (χ1v) is 5.24. The molecule has 1 aromatic rings. The summed E-state index contributed by atoms with van der Waals surface area (Å²) in [5.74, 6) is -0.244. The fraction of sp³-hybridized carbons (Fsp3) is 0.583. The number of nitrogens with zero attached hydrogens (tertiary/aromatic N) is 1. The van der Waals surface area contributed by atoms with Gasteiger partial charge in [-0.25, -0.2) is 4.39 Å². The van der Waals surface area contributed by atoms with E-state index in [2.05, 4.69) is 38.0 Å². The van der Waals surface area contributed by atoms with Gasteiger partial charge in [0.25, 0.3) is 0 Å². The van der Waals surface area contributed by atoms with Crippen molar-refractivity contribution in [3.63, 3.8) is 0 Å². The second kappa shape index (κ2) is 4.71. The topological polar surface area (TPSA) is 24.9 Å². The molecule has 0 fully saturated rings. The van der Waals surface area contributed by atoms with Gasteiger partial charge in [-0.2, -0.15) is 0 Å². The smallest absolute Gasteiger partial charge is 0.146 e. The normalized spacial score (nSPS) is 13.9. The molecule has 1 rings (SSSR count). The maximum Gasteiger partial charge on any atom is 0.146 e. The van der Waals surface area contributed by atoms with E-state index in [9.17, 15) is 4.39 Å². The van der Waals surface area contributed by atoms with Crippen LogP contribution in [0.5, 0.6) is 0 Å². The lowest BCUT2D eigenvalue weighted by atomic mass is 9.88. The molecule has 1 heterocycles. The van der Waals surface area contributed by atoms with Crippen molar-refractivity contribution in [2.24, 2.45) is 5.41 Å². The van der Waals surface area contributed by atoms with Gasteiger partial charge < -0.3 is 5.32 Å². The number of halogens is 1. The van der Waals surface area contributed by atoms with Gasteiger partial charge in [0.05, 0.1) is 5.69 Å². The summed E-state index contributed by atoms with van der Waals surface area (Å²) < 4.78 is 13.2. The molecular formula is C12H19FN2. The monoisotopic (exact) mass is 210 g/mol. The van der Waals surface area contributed by atoms with Crippen LogP contribution in [0.2, 0.25) is 0 Å². The average Bonchev–Trinajstić information content (AvgIpc) is 2.14. The van der Waals surface area contributed by atoms with Crippen molar-refractivity contribution in [3.05, 3.63) is 29.8 Å². The van der Waals surface area contributed by atoms with Gasteiger partial charge in [-0.05, 0) is 24.5 Å². The molecule has 0 bridgehead atoms. The van der Waals surface area contributed by atoms with Crippen LogP contribution >= 0.6 is 0 Å². The number of nitrogens with one attached hydrogen (secondary N) is 1. The summed E-state index contributed by atoms with van der Waals surface area (Å²) in [6.07, 6.45) is 1.61. The Kier molecular flexibility index (Phi) is 3.80. The summed E-state index contributed by atoms with van der Waals surface area (Å²) in [5.41, 5.74) is 0.652. The molecule has 0 amide bonds. The highest BCUT2D eigenvalue weighted by molar-refractivity contribution is 5.06. The van der Waals surface area contributed by atoms with Gasteiger partial charge in [0.1, 0.15) is 5.82 Å². The van der Waals surface area contributed by atoms with Crippen LogP contribution in [0.1, 0.15) is 33.4 Å². The van der Waals surface area contributed by atoms with Crippen LogP contribution in [-0.2, 0) is 6.54 Å². The van der Waals surface area contributed by atoms with Gasteiger partial charge in [-0.15, -0.1) is 0 Å². The van der Waals surface area contributed by atoms with Crippen LogP contribution in [-0.4, -0.2) is 11.0 Å². The molecule has 1 N–H and O–H groups in total. The predicted octanol–water partition coefficient (Wildman–Crippen LogP) is 2.74. The fourth-order valence-electron chi connectivity index (χ4n) is 1.10. The molecule has 0 spiro atoms. The molecule has 1 aromatic heterocycles. The lowest BCUT2D eigenvalue weighted by Gasteiger charge is -2.28. The fourth-order valence-corrected chi connectivity index (χ4v) is 1.10. The third-order valence-electron chi connectivity index (χ3n) is 2.71. The van der Waals surface area contributed by atoms with E-state index in [0.717, 1.165) is 0 Å². The second-order valence-electron chi connectivity index (χ2n) is 4.90. The Balaban J connectivity index is 2.55. The maximum absolute atomic E-state index is 13.2. The summed E-state index contributed by atoms with van der Waals surface area (Å²) in [6, 6.07) is 3.36. The molecule has 0 aliphatic rings. The highest BCUT2D eigenvalue weighted by Gasteiger charge is 2.19. The third kappa shape index (κ3) is 3.59. The second-order valence-corrected chi connectivity index (χ2v) is 4.90. The Morgan fingerprint density at radius 2 is 2.13 bits per heavy atom. The van der Waals surface area contributed by atoms with Crippen LogP contribution in [0, 0.1) is 11.2 Å². The van der Waals surface area contributed by atoms with Crippen LogP contribution in [0.3, 0.4) is 0 Å². The molecule has 1 atom stereocenters. The first-order chi connectivity index (χ1) is 6.91. The zero-order chi connectivity index (χ0) is 11.5. The van der Waals surface area contributed by atoms with Crippen molar-refractivity contribution >= 4 is 0 Å². The van der Waals surface area contributed by atoms with E-state index in [0.29, 0.717) is 18.3 Å². The van der Waals surface area contributed by atoms with E-state index < -0.39 is 0 Å². The van der Waals surface area contributed by atoms with Gasteiger partial charge in [-0.3, -0.25) is 4.98 Å². The number of aromatic nitrogens is 1. The quantitative estimate of drug-likeness (QED) is 0.829. The summed E-state index contributed by atoms with van der Waals surface area (Å²) in [7, 11) is 0. The zero-order valence-corrected chi connectivity index (χ0v) is 9.84. The summed E-state index contributed by atoms with van der Waals surface area (Å²) in [5, 5.41) is 3.28. The Morgan fingerprint density at radius 1 is 1.47 bits per heavy atom. The standard InChI is InChI=1S/C12H19FN2/c1-9(12(2,3)4)15-8-11-10(13)6-5-7-14-11/h5-7,9,15H,8H2,1-4H3. The molecule has 0 aliphatic carbocycles. The molecule has 0 aromatic carbocycles. The van der Waals surface area contributed by atoms with E-state index >= 15 is 0 Å². The Labute approximate surface area is 90.9 Å². The summed E-state index contributed by atoms with van der Waals surface area (Å²) >= 11 is 0. The first kappa shape index (κ1) is 12.1. The van der Waals surface area contributed by atoms with E-state index in [4.69, 9.17) is 0 Å². The minimum Gasteiger partial charge on any atom is -0.308 e. The molecular weight excluding hydrogens is 191 g/mol. The Bertz CT molecular complexity index is 318. The van der Waals surface area contributed by atoms with E-state index in [1.54, 1.807) is 12.3 Å². The van der Waals surface area contributed by atoms with Crippen molar-refractivity contribution < 1.29 is 4.39 Å². The molecule has 84 valence electrons. The maximum atomic E-state index is 13.2. The zero-order valence-electron chi connectivity index (χ0n) is 9.84. The van der Waals surface area contributed by atoms with Crippen LogP contribution < -0.4 is 5.32 Å². The van der Waals surface area contributed by atoms with Crippen LogP contribution in [0.4, 0.5) is 4.39 Å². The number of pyridine rings is 1. The van der Waals surface area contributed by atoms with Crippen molar-refractivity contribution in [1.82, 2.24) is 10.3 Å².